The number of allylic oxidation sites excluding steroid dienone is 1. The van der Waals surface area contributed by atoms with Crippen molar-refractivity contribution in [3.05, 3.63) is 41.2 Å². The first-order valence-corrected chi connectivity index (χ1v) is 10.6. The van der Waals surface area contributed by atoms with E-state index in [2.05, 4.69) is 12.7 Å². The molecule has 0 atom stereocenters. The smallest absolute Gasteiger partial charge is 0.183 e. The van der Waals surface area contributed by atoms with E-state index in [-0.39, 0.29) is 10.8 Å². The second-order valence-corrected chi connectivity index (χ2v) is 8.62. The van der Waals surface area contributed by atoms with Gasteiger partial charge in [0.05, 0.1) is 12.1 Å². The third-order valence-electron chi connectivity index (χ3n) is 6.85. The average Bonchev–Trinajstić information content (AvgIpc) is 2.69. The zero-order valence-electron chi connectivity index (χ0n) is 16.0. The number of benzene rings is 1. The van der Waals surface area contributed by atoms with Crippen molar-refractivity contribution in [2.24, 2.45) is 17.8 Å². The topological polar surface area (TPSA) is 9.23 Å². The van der Waals surface area contributed by atoms with Gasteiger partial charge in [0.15, 0.2) is 11.6 Å². The number of methoxy groups -OCH3 is 1. The molecule has 0 saturated heterocycles. The molecule has 2 fully saturated rings. The molecular weight excluding hydrogens is 347 g/mol. The van der Waals surface area contributed by atoms with Crippen LogP contribution in [0.1, 0.15) is 75.7 Å². The van der Waals surface area contributed by atoms with Crippen LogP contribution in [0.5, 0.6) is 5.75 Å². The molecule has 3 rings (SSSR count). The van der Waals surface area contributed by atoms with Gasteiger partial charge in [0.1, 0.15) is 0 Å². The molecule has 0 spiro atoms. The molecule has 0 bridgehead atoms. The van der Waals surface area contributed by atoms with E-state index in [1.165, 1.54) is 58.5 Å². The predicted octanol–water partition coefficient (Wildman–Crippen LogP) is 7.53. The summed E-state index contributed by atoms with van der Waals surface area (Å²) in [4.78, 5) is 0. The summed E-state index contributed by atoms with van der Waals surface area (Å²) in [6, 6.07) is 3.67. The first-order valence-electron chi connectivity index (χ1n) is 10.3. The Hall–Kier alpha value is -1.02. The lowest BCUT2D eigenvalue weighted by atomic mass is 9.68. The number of hydrogen-bond acceptors (Lipinski definition) is 1. The van der Waals surface area contributed by atoms with Crippen molar-refractivity contribution < 1.29 is 9.13 Å². The van der Waals surface area contributed by atoms with Gasteiger partial charge < -0.3 is 4.74 Å². The summed E-state index contributed by atoms with van der Waals surface area (Å²) in [6.07, 6.45) is 14.9. The van der Waals surface area contributed by atoms with E-state index in [0.717, 1.165) is 36.2 Å². The van der Waals surface area contributed by atoms with E-state index in [4.69, 9.17) is 16.3 Å². The summed E-state index contributed by atoms with van der Waals surface area (Å²) < 4.78 is 19.3. The highest BCUT2D eigenvalue weighted by Gasteiger charge is 2.32. The molecule has 3 heteroatoms. The Morgan fingerprint density at radius 3 is 2.27 bits per heavy atom. The summed E-state index contributed by atoms with van der Waals surface area (Å²) in [5.74, 6) is 2.89. The van der Waals surface area contributed by atoms with Crippen LogP contribution in [0.15, 0.2) is 24.8 Å². The van der Waals surface area contributed by atoms with E-state index in [9.17, 15) is 4.39 Å². The van der Waals surface area contributed by atoms with Crippen molar-refractivity contribution >= 4 is 11.6 Å². The van der Waals surface area contributed by atoms with Crippen molar-refractivity contribution in [3.8, 4) is 5.75 Å². The highest BCUT2D eigenvalue weighted by molar-refractivity contribution is 6.31. The minimum Gasteiger partial charge on any atom is -0.494 e. The Bertz CT molecular complexity index is 598. The van der Waals surface area contributed by atoms with E-state index in [0.29, 0.717) is 5.92 Å². The lowest BCUT2D eigenvalue weighted by molar-refractivity contribution is 0.157. The maximum Gasteiger partial charge on any atom is 0.183 e. The maximum atomic E-state index is 14.2. The fraction of sp³-hybridized carbons (Fsp3) is 0.652. The Morgan fingerprint density at radius 1 is 1.08 bits per heavy atom. The molecule has 2 saturated carbocycles. The maximum absolute atomic E-state index is 14.2. The van der Waals surface area contributed by atoms with Gasteiger partial charge in [0, 0.05) is 0 Å². The monoisotopic (exact) mass is 378 g/mol. The van der Waals surface area contributed by atoms with Gasteiger partial charge >= 0.3 is 0 Å². The van der Waals surface area contributed by atoms with Crippen molar-refractivity contribution in [2.75, 3.05) is 7.11 Å². The van der Waals surface area contributed by atoms with Crippen molar-refractivity contribution in [1.29, 1.82) is 0 Å². The normalized spacial score (nSPS) is 29.3. The summed E-state index contributed by atoms with van der Waals surface area (Å²) in [5.41, 5.74) is 0.969. The van der Waals surface area contributed by atoms with Crippen LogP contribution in [0.2, 0.25) is 5.02 Å². The summed E-state index contributed by atoms with van der Waals surface area (Å²) >= 11 is 6.29. The van der Waals surface area contributed by atoms with Crippen LogP contribution < -0.4 is 4.74 Å². The van der Waals surface area contributed by atoms with Crippen molar-refractivity contribution in [3.63, 3.8) is 0 Å². The van der Waals surface area contributed by atoms with Gasteiger partial charge in [-0.05, 0) is 86.7 Å². The fourth-order valence-corrected chi connectivity index (χ4v) is 5.53. The quantitative estimate of drug-likeness (QED) is 0.464. The third kappa shape index (κ3) is 4.44. The van der Waals surface area contributed by atoms with Gasteiger partial charge in [0.25, 0.3) is 0 Å². The number of halogens is 2. The Balaban J connectivity index is 1.52. The van der Waals surface area contributed by atoms with Gasteiger partial charge in [-0.2, -0.15) is 0 Å². The van der Waals surface area contributed by atoms with Gasteiger partial charge in [0.2, 0.25) is 0 Å². The molecule has 0 radical (unpaired) electrons. The second-order valence-electron chi connectivity index (χ2n) is 8.24. The first-order chi connectivity index (χ1) is 12.6. The molecule has 0 aromatic heterocycles. The molecule has 2 aliphatic carbocycles. The van der Waals surface area contributed by atoms with E-state index in [1.807, 2.05) is 6.07 Å². The van der Waals surface area contributed by atoms with Gasteiger partial charge in [-0.1, -0.05) is 36.6 Å². The van der Waals surface area contributed by atoms with Crippen LogP contribution in [0.25, 0.3) is 0 Å². The van der Waals surface area contributed by atoms with Gasteiger partial charge in [-0.25, -0.2) is 4.39 Å². The zero-order valence-corrected chi connectivity index (χ0v) is 16.7. The Morgan fingerprint density at radius 2 is 1.69 bits per heavy atom. The number of ether oxygens (including phenoxy) is 1. The van der Waals surface area contributed by atoms with Crippen LogP contribution in [-0.2, 0) is 0 Å². The Labute approximate surface area is 163 Å². The fourth-order valence-electron chi connectivity index (χ4n) is 5.22. The SMILES string of the molecule is C=CCCC1CCC(C2CCC(c3ccc(OC)c(F)c3Cl)CC2)CC1. The van der Waals surface area contributed by atoms with Crippen LogP contribution in [0.4, 0.5) is 4.39 Å². The predicted molar refractivity (Wildman–Crippen MR) is 108 cm³/mol. The molecule has 2 aliphatic rings. The third-order valence-corrected chi connectivity index (χ3v) is 7.23. The van der Waals surface area contributed by atoms with E-state index < -0.39 is 5.82 Å². The summed E-state index contributed by atoms with van der Waals surface area (Å²) in [6.45, 7) is 3.85. The summed E-state index contributed by atoms with van der Waals surface area (Å²) in [7, 11) is 1.48. The van der Waals surface area contributed by atoms with Crippen LogP contribution in [0, 0.1) is 23.6 Å². The lowest BCUT2D eigenvalue weighted by Gasteiger charge is -2.38. The average molecular weight is 379 g/mol. The minimum absolute atomic E-state index is 0.237. The van der Waals surface area contributed by atoms with Crippen LogP contribution in [-0.4, -0.2) is 7.11 Å². The van der Waals surface area contributed by atoms with E-state index in [1.54, 1.807) is 6.07 Å². The first kappa shape index (κ1) is 19.7. The molecule has 0 amide bonds. The molecule has 1 nitrogen and oxygen atoms in total. The van der Waals surface area contributed by atoms with E-state index >= 15 is 0 Å². The van der Waals surface area contributed by atoms with Gasteiger partial charge in [-0.3, -0.25) is 0 Å². The summed E-state index contributed by atoms with van der Waals surface area (Å²) in [5, 5.41) is 0.260. The highest BCUT2D eigenvalue weighted by atomic mass is 35.5. The number of hydrogen-bond donors (Lipinski definition) is 0. The second kappa shape index (κ2) is 9.26. The molecule has 26 heavy (non-hydrogen) atoms. The largest absolute Gasteiger partial charge is 0.494 e. The highest BCUT2D eigenvalue weighted by Crippen LogP contribution is 2.46. The molecule has 1 aromatic rings. The zero-order chi connectivity index (χ0) is 18.5. The minimum atomic E-state index is -0.411. The van der Waals surface area contributed by atoms with Crippen molar-refractivity contribution in [2.45, 2.75) is 70.1 Å². The molecular formula is C23H32ClFO. The van der Waals surface area contributed by atoms with Crippen molar-refractivity contribution in [1.82, 2.24) is 0 Å². The number of rotatable bonds is 6. The molecule has 0 heterocycles. The Kier molecular flexibility index (Phi) is 7.03. The van der Waals surface area contributed by atoms with Crippen LogP contribution in [0.3, 0.4) is 0 Å². The van der Waals surface area contributed by atoms with Crippen LogP contribution >= 0.6 is 11.6 Å². The molecule has 0 aliphatic heterocycles. The molecule has 144 valence electrons. The lowest BCUT2D eigenvalue weighted by Crippen LogP contribution is -2.25. The standard InChI is InChI=1S/C23H32ClFO/c1-3-4-5-16-6-8-17(9-7-16)18-10-12-19(13-11-18)20-14-15-21(26-2)23(25)22(20)24/h3,14-19H,1,4-13H2,2H3. The molecule has 0 N–H and O–H groups in total. The molecule has 1 aromatic carbocycles. The van der Waals surface area contributed by atoms with Gasteiger partial charge in [-0.15, -0.1) is 6.58 Å². The molecule has 0 unspecified atom stereocenters.